The highest BCUT2D eigenvalue weighted by Crippen LogP contribution is 2.33. The van der Waals surface area contributed by atoms with Crippen molar-refractivity contribution < 1.29 is 51.5 Å². The summed E-state index contributed by atoms with van der Waals surface area (Å²) in [6.45, 7) is 7.13. The number of nitrogen functional groups attached to an aromatic ring is 1. The van der Waals surface area contributed by atoms with E-state index in [0.29, 0.717) is 64.1 Å². The van der Waals surface area contributed by atoms with E-state index in [-0.39, 0.29) is 42.8 Å². The number of methoxy groups -OCH3 is 1. The largest absolute Gasteiger partial charge is 0.491 e. The van der Waals surface area contributed by atoms with Crippen molar-refractivity contribution in [2.24, 2.45) is 11.8 Å². The molecule has 2 fully saturated rings. The van der Waals surface area contributed by atoms with Gasteiger partial charge in [-0.1, -0.05) is 26.0 Å². The lowest BCUT2D eigenvalue weighted by Crippen LogP contribution is -2.51. The van der Waals surface area contributed by atoms with E-state index in [1.165, 1.54) is 28.6 Å². The van der Waals surface area contributed by atoms with Gasteiger partial charge in [0.2, 0.25) is 10.0 Å². The molecular weight excluding hydrogens is 658 g/mol. The van der Waals surface area contributed by atoms with Crippen LogP contribution in [0.25, 0.3) is 0 Å². The maximum atomic E-state index is 13.7. The minimum absolute atomic E-state index is 0.0387. The Morgan fingerprint density at radius 1 is 0.980 bits per heavy atom. The molecule has 0 spiro atoms. The molecule has 0 radical (unpaired) electrons. The van der Waals surface area contributed by atoms with Gasteiger partial charge in [0.15, 0.2) is 6.29 Å². The maximum absolute atomic E-state index is 13.7. The molecule has 0 bridgehead atoms. The zero-order valence-electron chi connectivity index (χ0n) is 28.5. The highest BCUT2D eigenvalue weighted by molar-refractivity contribution is 7.89. The first-order valence-electron chi connectivity index (χ1n) is 16.7. The number of ether oxygens (including phenoxy) is 7. The number of nitrogens with two attached hydrogens (primary N) is 1. The molecule has 0 aromatic heterocycles. The van der Waals surface area contributed by atoms with Gasteiger partial charge in [0.1, 0.15) is 18.5 Å². The Morgan fingerprint density at radius 2 is 1.65 bits per heavy atom. The fourth-order valence-electron chi connectivity index (χ4n) is 5.61. The van der Waals surface area contributed by atoms with Crippen molar-refractivity contribution in [3.8, 4) is 5.75 Å². The summed E-state index contributed by atoms with van der Waals surface area (Å²) in [5.41, 5.74) is 7.00. The number of hydrogen-bond acceptors (Lipinski definition) is 12. The van der Waals surface area contributed by atoms with Crippen LogP contribution in [0.4, 0.5) is 10.5 Å². The van der Waals surface area contributed by atoms with Gasteiger partial charge in [0, 0.05) is 25.9 Å². The van der Waals surface area contributed by atoms with E-state index < -0.39 is 40.7 Å². The fourth-order valence-corrected chi connectivity index (χ4v) is 7.24. The minimum atomic E-state index is -3.99. The summed E-state index contributed by atoms with van der Waals surface area (Å²) in [7, 11) is -2.37. The summed E-state index contributed by atoms with van der Waals surface area (Å²) in [6, 6.07) is 12.3. The van der Waals surface area contributed by atoms with Gasteiger partial charge in [-0.3, -0.25) is 0 Å². The molecule has 0 aliphatic carbocycles. The van der Waals surface area contributed by atoms with Crippen LogP contribution >= 0.6 is 0 Å². The summed E-state index contributed by atoms with van der Waals surface area (Å²) in [5, 5.41) is 14.4. The number of nitrogens with zero attached hydrogens (tertiary/aromatic N) is 1. The number of carbonyl (C=O) groups excluding carboxylic acids is 1. The standard InChI is InChI=1S/C34H51N3O11S/c1-24(2)21-37(49(40,41)28-10-6-26(35)7-11-28)22-31(38)30(36-34(39)48-32-23-47-33-29(32)12-13-46-33)20-25-4-8-27(9-5-25)45-19-18-44-17-16-43-15-14-42-3/h4-11,24,29-33,38H,12-23,35H2,1-3H3,(H,36,39)/t29-,30-,31?,32-,33+/m0/s1. The van der Waals surface area contributed by atoms with Gasteiger partial charge in [-0.05, 0) is 60.7 Å². The molecule has 1 amide bonds. The Bertz CT molecular complexity index is 1380. The first-order valence-corrected chi connectivity index (χ1v) is 18.1. The molecule has 5 atom stereocenters. The van der Waals surface area contributed by atoms with Gasteiger partial charge in [0.05, 0.1) is 69.2 Å². The van der Waals surface area contributed by atoms with Crippen LogP contribution in [-0.4, -0.2) is 122 Å². The first kappa shape index (κ1) is 38.8. The summed E-state index contributed by atoms with van der Waals surface area (Å²) in [6.07, 6.45) is -2.00. The van der Waals surface area contributed by atoms with Crippen LogP contribution in [0, 0.1) is 11.8 Å². The van der Waals surface area contributed by atoms with E-state index in [9.17, 15) is 18.3 Å². The van der Waals surface area contributed by atoms with E-state index in [4.69, 9.17) is 38.9 Å². The lowest BCUT2D eigenvalue weighted by molar-refractivity contribution is -0.0907. The average molecular weight is 710 g/mol. The number of hydrogen-bond donors (Lipinski definition) is 3. The fraction of sp³-hybridized carbons (Fsp3) is 0.618. The average Bonchev–Trinajstić information content (AvgIpc) is 3.69. The molecule has 0 saturated carbocycles. The van der Waals surface area contributed by atoms with Crippen LogP contribution in [0.5, 0.6) is 5.75 Å². The van der Waals surface area contributed by atoms with E-state index >= 15 is 0 Å². The van der Waals surface area contributed by atoms with E-state index in [1.807, 2.05) is 26.0 Å². The summed E-state index contributed by atoms with van der Waals surface area (Å²) >= 11 is 0. The first-order chi connectivity index (χ1) is 23.6. The van der Waals surface area contributed by atoms with Crippen LogP contribution in [0.3, 0.4) is 0 Å². The molecule has 4 rings (SSSR count). The van der Waals surface area contributed by atoms with E-state index in [0.717, 1.165) is 5.56 Å². The molecule has 14 nitrogen and oxygen atoms in total. The van der Waals surface area contributed by atoms with Crippen molar-refractivity contribution in [2.45, 2.75) is 56.1 Å². The number of anilines is 1. The number of aliphatic hydroxyl groups excluding tert-OH is 1. The lowest BCUT2D eigenvalue weighted by Gasteiger charge is -2.31. The third kappa shape index (κ3) is 12.1. The minimum Gasteiger partial charge on any atom is -0.491 e. The Kier molecular flexibility index (Phi) is 15.3. The quantitative estimate of drug-likeness (QED) is 0.128. The molecule has 2 heterocycles. The lowest BCUT2D eigenvalue weighted by atomic mass is 10.0. The highest BCUT2D eigenvalue weighted by atomic mass is 32.2. The maximum Gasteiger partial charge on any atom is 0.407 e. The molecule has 15 heteroatoms. The van der Waals surface area contributed by atoms with Gasteiger partial charge >= 0.3 is 6.09 Å². The van der Waals surface area contributed by atoms with Crippen molar-refractivity contribution in [1.29, 1.82) is 0 Å². The number of aliphatic hydroxyl groups is 1. The second kappa shape index (κ2) is 19.4. The van der Waals surface area contributed by atoms with Crippen LogP contribution in [0.15, 0.2) is 53.4 Å². The number of carbonyl (C=O) groups is 1. The summed E-state index contributed by atoms with van der Waals surface area (Å²) in [4.78, 5) is 13.2. The van der Waals surface area contributed by atoms with E-state index in [1.54, 1.807) is 19.2 Å². The third-order valence-corrected chi connectivity index (χ3v) is 10.0. The van der Waals surface area contributed by atoms with Crippen molar-refractivity contribution in [1.82, 2.24) is 9.62 Å². The molecule has 2 aromatic rings. The molecule has 2 aliphatic heterocycles. The number of alkyl carbamates (subject to hydrolysis) is 1. The molecule has 1 unspecified atom stereocenters. The monoisotopic (exact) mass is 709 g/mol. The molecule has 2 saturated heterocycles. The van der Waals surface area contributed by atoms with Crippen molar-refractivity contribution in [3.05, 3.63) is 54.1 Å². The Balaban J connectivity index is 1.40. The summed E-state index contributed by atoms with van der Waals surface area (Å²) in [5.74, 6) is 0.525. The van der Waals surface area contributed by atoms with Crippen LogP contribution in [0.1, 0.15) is 25.8 Å². The van der Waals surface area contributed by atoms with Gasteiger partial charge < -0.3 is 49.3 Å². The number of benzene rings is 2. The van der Waals surface area contributed by atoms with E-state index in [2.05, 4.69) is 5.32 Å². The molecule has 49 heavy (non-hydrogen) atoms. The molecular formula is C34H51N3O11S. The molecule has 4 N–H and O–H groups in total. The number of amides is 1. The topological polar surface area (TPSA) is 177 Å². The predicted molar refractivity (Wildman–Crippen MR) is 181 cm³/mol. The van der Waals surface area contributed by atoms with Gasteiger partial charge in [0.25, 0.3) is 0 Å². The van der Waals surface area contributed by atoms with Gasteiger partial charge in [-0.25, -0.2) is 13.2 Å². The number of sulfonamides is 1. The van der Waals surface area contributed by atoms with Gasteiger partial charge in [-0.15, -0.1) is 0 Å². The third-order valence-electron chi connectivity index (χ3n) is 8.17. The Labute approximate surface area is 289 Å². The predicted octanol–water partition coefficient (Wildman–Crippen LogP) is 2.43. The van der Waals surface area contributed by atoms with Crippen LogP contribution in [0.2, 0.25) is 0 Å². The van der Waals surface area contributed by atoms with Gasteiger partial charge in [-0.2, -0.15) is 4.31 Å². The van der Waals surface area contributed by atoms with Crippen LogP contribution < -0.4 is 15.8 Å². The normalized spacial score (nSPS) is 20.3. The zero-order chi connectivity index (χ0) is 35.2. The zero-order valence-corrected chi connectivity index (χ0v) is 29.3. The van der Waals surface area contributed by atoms with Crippen molar-refractivity contribution in [3.63, 3.8) is 0 Å². The highest BCUT2D eigenvalue weighted by Gasteiger charge is 2.44. The summed E-state index contributed by atoms with van der Waals surface area (Å²) < 4.78 is 67.1. The van der Waals surface area contributed by atoms with Crippen molar-refractivity contribution in [2.75, 3.05) is 78.8 Å². The number of rotatable bonds is 21. The SMILES string of the molecule is COCCOCCOCCOc1ccc(C[C@H](NC(=O)O[C@H]2CO[C@H]3OCC[C@H]32)C(O)CN(CC(C)C)S(=O)(=O)c2ccc(N)cc2)cc1. The Hall–Kier alpha value is -3.02. The molecule has 274 valence electrons. The second-order valence-electron chi connectivity index (χ2n) is 12.5. The molecule has 2 aromatic carbocycles. The number of fused-ring (bicyclic) bond motifs is 1. The molecule has 2 aliphatic rings. The van der Waals surface area contributed by atoms with Crippen LogP contribution in [-0.2, 0) is 44.9 Å². The Morgan fingerprint density at radius 3 is 2.33 bits per heavy atom. The smallest absolute Gasteiger partial charge is 0.407 e. The second-order valence-corrected chi connectivity index (χ2v) is 14.4. The number of nitrogens with one attached hydrogen (secondary N) is 1. The van der Waals surface area contributed by atoms with Crippen molar-refractivity contribution >= 4 is 21.8 Å².